The van der Waals surface area contributed by atoms with Gasteiger partial charge in [0.25, 0.3) is 0 Å². The molecule has 0 amide bonds. The lowest BCUT2D eigenvalue weighted by molar-refractivity contribution is 0.590. The first kappa shape index (κ1) is 16.4. The van der Waals surface area contributed by atoms with Crippen LogP contribution in [0.1, 0.15) is 51.9 Å². The Morgan fingerprint density at radius 3 is 1.83 bits per heavy atom. The van der Waals surface area contributed by atoms with Crippen LogP contribution in [-0.2, 0) is 0 Å². The summed E-state index contributed by atoms with van der Waals surface area (Å²) in [6, 6.07) is 17.6. The Hall–Kier alpha value is -1.41. The number of hydrogen-bond acceptors (Lipinski definition) is 2. The molecular formula is C21H27NS. The van der Waals surface area contributed by atoms with E-state index >= 15 is 0 Å². The summed E-state index contributed by atoms with van der Waals surface area (Å²) >= 11 is 1.90. The summed E-state index contributed by atoms with van der Waals surface area (Å²) in [7, 11) is 0. The summed E-state index contributed by atoms with van der Waals surface area (Å²) in [6.45, 7) is 3.41. The van der Waals surface area contributed by atoms with Crippen LogP contribution in [0.2, 0.25) is 0 Å². The molecule has 0 saturated heterocycles. The highest BCUT2D eigenvalue weighted by atomic mass is 32.2. The molecule has 0 aromatic heterocycles. The quantitative estimate of drug-likeness (QED) is 0.479. The van der Waals surface area contributed by atoms with Gasteiger partial charge < -0.3 is 4.90 Å². The first-order valence-electron chi connectivity index (χ1n) is 9.03. The number of unbranched alkanes of at least 4 members (excludes halogenated alkanes) is 6. The highest BCUT2D eigenvalue weighted by Crippen LogP contribution is 2.47. The number of benzene rings is 2. The van der Waals surface area contributed by atoms with Crippen molar-refractivity contribution in [3.8, 4) is 0 Å². The smallest absolute Gasteiger partial charge is 0.0552 e. The summed E-state index contributed by atoms with van der Waals surface area (Å²) < 4.78 is 0. The minimum atomic E-state index is 1.13. The molecule has 0 spiro atoms. The molecule has 0 saturated carbocycles. The van der Waals surface area contributed by atoms with Gasteiger partial charge in [0.05, 0.1) is 11.4 Å². The van der Waals surface area contributed by atoms with Gasteiger partial charge in [-0.3, -0.25) is 0 Å². The van der Waals surface area contributed by atoms with Crippen LogP contribution in [0, 0.1) is 0 Å². The second-order valence-electron chi connectivity index (χ2n) is 6.31. The van der Waals surface area contributed by atoms with Crippen LogP contribution in [0.3, 0.4) is 0 Å². The second kappa shape index (κ2) is 8.44. The van der Waals surface area contributed by atoms with Crippen molar-refractivity contribution in [2.24, 2.45) is 0 Å². The maximum atomic E-state index is 2.52. The molecule has 0 bridgehead atoms. The number of nitrogens with zero attached hydrogens (tertiary/aromatic N) is 1. The molecule has 3 rings (SSSR count). The molecule has 2 aromatic rings. The maximum Gasteiger partial charge on any atom is 0.0552 e. The van der Waals surface area contributed by atoms with E-state index in [9.17, 15) is 0 Å². The van der Waals surface area contributed by atoms with Crippen molar-refractivity contribution in [1.82, 2.24) is 0 Å². The normalized spacial score (nSPS) is 12.8. The van der Waals surface area contributed by atoms with Gasteiger partial charge in [-0.05, 0) is 30.7 Å². The van der Waals surface area contributed by atoms with Crippen molar-refractivity contribution in [1.29, 1.82) is 0 Å². The molecule has 0 N–H and O–H groups in total. The highest BCUT2D eigenvalue weighted by Gasteiger charge is 2.21. The molecule has 122 valence electrons. The molecule has 1 heterocycles. The lowest BCUT2D eigenvalue weighted by atomic mass is 10.1. The van der Waals surface area contributed by atoms with Gasteiger partial charge in [-0.1, -0.05) is 81.5 Å². The molecule has 23 heavy (non-hydrogen) atoms. The van der Waals surface area contributed by atoms with E-state index in [1.165, 1.54) is 66.1 Å². The van der Waals surface area contributed by atoms with Gasteiger partial charge in [-0.15, -0.1) is 0 Å². The fourth-order valence-corrected chi connectivity index (χ4v) is 4.34. The van der Waals surface area contributed by atoms with Crippen LogP contribution in [0.4, 0.5) is 11.4 Å². The first-order valence-corrected chi connectivity index (χ1v) is 9.85. The molecule has 1 nitrogen and oxygen atoms in total. The van der Waals surface area contributed by atoms with E-state index in [1.807, 2.05) is 11.8 Å². The Morgan fingerprint density at radius 2 is 1.22 bits per heavy atom. The van der Waals surface area contributed by atoms with E-state index in [1.54, 1.807) is 0 Å². The molecule has 2 heteroatoms. The third-order valence-corrected chi connectivity index (χ3v) is 5.65. The topological polar surface area (TPSA) is 3.24 Å². The van der Waals surface area contributed by atoms with Crippen LogP contribution < -0.4 is 4.90 Å². The summed E-state index contributed by atoms with van der Waals surface area (Å²) in [6.07, 6.45) is 9.53. The van der Waals surface area contributed by atoms with Crippen molar-refractivity contribution in [2.75, 3.05) is 11.4 Å². The summed E-state index contributed by atoms with van der Waals surface area (Å²) in [5, 5.41) is 0. The van der Waals surface area contributed by atoms with Crippen LogP contribution in [-0.4, -0.2) is 6.54 Å². The average Bonchev–Trinajstić information content (AvgIpc) is 2.60. The minimum absolute atomic E-state index is 1.13. The van der Waals surface area contributed by atoms with Crippen LogP contribution >= 0.6 is 11.8 Å². The van der Waals surface area contributed by atoms with Gasteiger partial charge in [-0.2, -0.15) is 0 Å². The zero-order valence-corrected chi connectivity index (χ0v) is 14.9. The number of fused-ring (bicyclic) bond motifs is 2. The van der Waals surface area contributed by atoms with E-state index in [0.717, 1.165) is 6.54 Å². The Kier molecular flexibility index (Phi) is 6.04. The Labute approximate surface area is 145 Å². The SMILES string of the molecule is CCCCCCCCCN1c2ccccc2Sc2ccccc21. The standard InChI is InChI=1S/C21H27NS/c1-2-3-4-5-6-7-12-17-22-18-13-8-10-15-20(18)23-21-16-11-9-14-19(21)22/h8-11,13-16H,2-7,12,17H2,1H3. The van der Waals surface area contributed by atoms with Gasteiger partial charge in [0.1, 0.15) is 0 Å². The van der Waals surface area contributed by atoms with E-state index in [-0.39, 0.29) is 0 Å². The van der Waals surface area contributed by atoms with Crippen LogP contribution in [0.15, 0.2) is 58.3 Å². The number of rotatable bonds is 8. The average molecular weight is 326 g/mol. The monoisotopic (exact) mass is 325 g/mol. The molecule has 0 unspecified atom stereocenters. The predicted molar refractivity (Wildman–Crippen MR) is 102 cm³/mol. The Balaban J connectivity index is 1.62. The van der Waals surface area contributed by atoms with Crippen molar-refractivity contribution in [2.45, 2.75) is 61.7 Å². The minimum Gasteiger partial charge on any atom is -0.340 e. The summed E-state index contributed by atoms with van der Waals surface area (Å²) in [4.78, 5) is 5.29. The molecule has 1 aliphatic heterocycles. The molecule has 0 fully saturated rings. The van der Waals surface area contributed by atoms with E-state index < -0.39 is 0 Å². The van der Waals surface area contributed by atoms with Gasteiger partial charge in [-0.25, -0.2) is 0 Å². The van der Waals surface area contributed by atoms with Crippen molar-refractivity contribution in [3.63, 3.8) is 0 Å². The van der Waals surface area contributed by atoms with Crippen molar-refractivity contribution < 1.29 is 0 Å². The fraction of sp³-hybridized carbons (Fsp3) is 0.429. The zero-order chi connectivity index (χ0) is 15.9. The molecule has 1 aliphatic rings. The fourth-order valence-electron chi connectivity index (χ4n) is 3.25. The lowest BCUT2D eigenvalue weighted by Crippen LogP contribution is -2.21. The van der Waals surface area contributed by atoms with E-state index in [4.69, 9.17) is 0 Å². The van der Waals surface area contributed by atoms with E-state index in [2.05, 4.69) is 60.4 Å². The molecular weight excluding hydrogens is 298 g/mol. The van der Waals surface area contributed by atoms with Crippen LogP contribution in [0.25, 0.3) is 0 Å². The zero-order valence-electron chi connectivity index (χ0n) is 14.1. The Morgan fingerprint density at radius 1 is 0.696 bits per heavy atom. The van der Waals surface area contributed by atoms with Gasteiger partial charge in [0.2, 0.25) is 0 Å². The molecule has 0 aliphatic carbocycles. The molecule has 0 atom stereocenters. The molecule has 2 aromatic carbocycles. The summed E-state index contributed by atoms with van der Waals surface area (Å²) in [5.74, 6) is 0. The largest absolute Gasteiger partial charge is 0.340 e. The number of anilines is 2. The third-order valence-electron chi connectivity index (χ3n) is 4.52. The molecule has 0 radical (unpaired) electrons. The van der Waals surface area contributed by atoms with Crippen LogP contribution in [0.5, 0.6) is 0 Å². The van der Waals surface area contributed by atoms with Gasteiger partial charge in [0.15, 0.2) is 0 Å². The summed E-state index contributed by atoms with van der Waals surface area (Å²) in [5.41, 5.74) is 2.75. The maximum absolute atomic E-state index is 2.52. The van der Waals surface area contributed by atoms with Crippen molar-refractivity contribution in [3.05, 3.63) is 48.5 Å². The number of hydrogen-bond donors (Lipinski definition) is 0. The predicted octanol–water partition coefficient (Wildman–Crippen LogP) is 7.04. The lowest BCUT2D eigenvalue weighted by Gasteiger charge is -2.32. The van der Waals surface area contributed by atoms with Crippen molar-refractivity contribution >= 4 is 23.1 Å². The van der Waals surface area contributed by atoms with E-state index in [0.29, 0.717) is 0 Å². The van der Waals surface area contributed by atoms with Gasteiger partial charge >= 0.3 is 0 Å². The third kappa shape index (κ3) is 4.11. The first-order chi connectivity index (χ1) is 11.4. The van der Waals surface area contributed by atoms with Gasteiger partial charge in [0, 0.05) is 16.3 Å². The highest BCUT2D eigenvalue weighted by molar-refractivity contribution is 7.99. The number of para-hydroxylation sites is 2. The Bertz CT molecular complexity index is 577. The second-order valence-corrected chi connectivity index (χ2v) is 7.39.